The zero-order chi connectivity index (χ0) is 12.8. The van der Waals surface area contributed by atoms with Crippen molar-refractivity contribution in [2.24, 2.45) is 0 Å². The Morgan fingerprint density at radius 1 is 1.47 bits per heavy atom. The van der Waals surface area contributed by atoms with Gasteiger partial charge in [-0.3, -0.25) is 0 Å². The number of carbonyl (C=O) groups excluding carboxylic acids is 1. The molecule has 0 aliphatic heterocycles. The smallest absolute Gasteiger partial charge is 0.341 e. The number of anilines is 1. The van der Waals surface area contributed by atoms with Crippen LogP contribution in [0.4, 0.5) is 5.69 Å². The van der Waals surface area contributed by atoms with E-state index in [9.17, 15) is 4.79 Å². The number of hydrogen-bond donors (Lipinski definition) is 1. The highest BCUT2D eigenvalue weighted by Crippen LogP contribution is 2.32. The van der Waals surface area contributed by atoms with Gasteiger partial charge in [0.05, 0.1) is 17.3 Å². The van der Waals surface area contributed by atoms with E-state index in [4.69, 9.17) is 22.1 Å². The molecule has 3 nitrogen and oxygen atoms in total. The Hall–Kier alpha value is -0.870. The molecule has 5 heteroatoms. The van der Waals surface area contributed by atoms with Gasteiger partial charge in [0.1, 0.15) is 5.56 Å². The van der Waals surface area contributed by atoms with Gasteiger partial charge in [-0.15, -0.1) is 11.8 Å². The van der Waals surface area contributed by atoms with E-state index in [0.717, 1.165) is 17.1 Å². The van der Waals surface area contributed by atoms with Crippen molar-refractivity contribution in [2.75, 3.05) is 18.1 Å². The fourth-order valence-electron chi connectivity index (χ4n) is 1.33. The van der Waals surface area contributed by atoms with E-state index in [-0.39, 0.29) is 5.56 Å². The Bertz CT molecular complexity index is 410. The lowest BCUT2D eigenvalue weighted by Gasteiger charge is -2.11. The van der Waals surface area contributed by atoms with Gasteiger partial charge in [-0.1, -0.05) is 25.4 Å². The summed E-state index contributed by atoms with van der Waals surface area (Å²) < 4.78 is 5.06. The minimum absolute atomic E-state index is 0.276. The van der Waals surface area contributed by atoms with E-state index in [1.165, 1.54) is 0 Å². The van der Waals surface area contributed by atoms with Crippen molar-refractivity contribution in [3.63, 3.8) is 0 Å². The Morgan fingerprint density at radius 3 is 2.76 bits per heavy atom. The van der Waals surface area contributed by atoms with Gasteiger partial charge in [0, 0.05) is 4.90 Å². The molecule has 1 aromatic carbocycles. The third-order valence-corrected chi connectivity index (χ3v) is 3.37. The van der Waals surface area contributed by atoms with Crippen LogP contribution in [0, 0.1) is 0 Å². The number of thioether (sulfide) groups is 1. The van der Waals surface area contributed by atoms with Crippen molar-refractivity contribution in [2.45, 2.75) is 25.2 Å². The summed E-state index contributed by atoms with van der Waals surface area (Å²) in [6.45, 7) is 4.33. The Morgan fingerprint density at radius 2 is 2.18 bits per heavy atom. The SMILES string of the molecule is CCCOC(=O)c1c(Cl)ccc(SCC)c1N. The zero-order valence-electron chi connectivity index (χ0n) is 9.96. The standard InChI is InChI=1S/C12H16ClNO2S/c1-3-7-16-12(15)10-8(13)5-6-9(11(10)14)17-4-2/h5-6H,3-4,7,14H2,1-2H3. The molecule has 0 atom stereocenters. The molecule has 0 aliphatic carbocycles. The van der Waals surface area contributed by atoms with Crippen LogP contribution in [-0.4, -0.2) is 18.3 Å². The molecule has 0 radical (unpaired) electrons. The van der Waals surface area contributed by atoms with Crippen LogP contribution >= 0.6 is 23.4 Å². The number of halogens is 1. The molecular weight excluding hydrogens is 258 g/mol. The lowest BCUT2D eigenvalue weighted by atomic mass is 10.2. The monoisotopic (exact) mass is 273 g/mol. The van der Waals surface area contributed by atoms with Gasteiger partial charge in [-0.05, 0) is 24.3 Å². The molecule has 0 spiro atoms. The van der Waals surface area contributed by atoms with Crippen molar-refractivity contribution in [3.8, 4) is 0 Å². The molecule has 0 bridgehead atoms. The van der Waals surface area contributed by atoms with Gasteiger partial charge in [0.25, 0.3) is 0 Å². The van der Waals surface area contributed by atoms with Gasteiger partial charge < -0.3 is 10.5 Å². The van der Waals surface area contributed by atoms with Crippen LogP contribution < -0.4 is 5.73 Å². The summed E-state index contributed by atoms with van der Waals surface area (Å²) in [4.78, 5) is 12.7. The van der Waals surface area contributed by atoms with Crippen LogP contribution in [0.2, 0.25) is 5.02 Å². The van der Waals surface area contributed by atoms with Gasteiger partial charge in [0.15, 0.2) is 0 Å². The minimum Gasteiger partial charge on any atom is -0.462 e. The Kier molecular flexibility index (Phi) is 5.65. The van der Waals surface area contributed by atoms with Gasteiger partial charge >= 0.3 is 5.97 Å². The summed E-state index contributed by atoms with van der Waals surface area (Å²) in [5.41, 5.74) is 6.62. The van der Waals surface area contributed by atoms with Crippen molar-refractivity contribution < 1.29 is 9.53 Å². The first-order chi connectivity index (χ1) is 8.11. The van der Waals surface area contributed by atoms with E-state index in [2.05, 4.69) is 0 Å². The predicted octanol–water partition coefficient (Wildman–Crippen LogP) is 3.60. The average molecular weight is 274 g/mol. The molecule has 0 saturated carbocycles. The number of nitrogen functional groups attached to an aromatic ring is 1. The molecule has 2 N–H and O–H groups in total. The van der Waals surface area contributed by atoms with E-state index in [1.807, 2.05) is 19.9 Å². The van der Waals surface area contributed by atoms with Crippen LogP contribution in [0.5, 0.6) is 0 Å². The fourth-order valence-corrected chi connectivity index (χ4v) is 2.30. The number of hydrogen-bond acceptors (Lipinski definition) is 4. The van der Waals surface area contributed by atoms with E-state index >= 15 is 0 Å². The largest absolute Gasteiger partial charge is 0.462 e. The van der Waals surface area contributed by atoms with Gasteiger partial charge in [-0.2, -0.15) is 0 Å². The summed E-state index contributed by atoms with van der Waals surface area (Å²) in [5, 5.41) is 0.337. The third-order valence-electron chi connectivity index (χ3n) is 2.10. The molecule has 94 valence electrons. The van der Waals surface area contributed by atoms with Crippen LogP contribution in [-0.2, 0) is 4.74 Å². The molecule has 0 fully saturated rings. The minimum atomic E-state index is -0.451. The summed E-state index contributed by atoms with van der Waals surface area (Å²) in [6, 6.07) is 3.50. The summed E-state index contributed by atoms with van der Waals surface area (Å²) >= 11 is 7.56. The normalized spacial score (nSPS) is 10.3. The van der Waals surface area contributed by atoms with Crippen molar-refractivity contribution in [1.82, 2.24) is 0 Å². The van der Waals surface area contributed by atoms with Gasteiger partial charge in [-0.25, -0.2) is 4.79 Å². The lowest BCUT2D eigenvalue weighted by molar-refractivity contribution is 0.0506. The second kappa shape index (κ2) is 6.77. The van der Waals surface area contributed by atoms with Crippen LogP contribution in [0.1, 0.15) is 30.6 Å². The maximum atomic E-state index is 11.8. The second-order valence-electron chi connectivity index (χ2n) is 3.40. The second-order valence-corrected chi connectivity index (χ2v) is 5.12. The number of esters is 1. The summed E-state index contributed by atoms with van der Waals surface area (Å²) in [5.74, 6) is 0.433. The van der Waals surface area contributed by atoms with E-state index < -0.39 is 5.97 Å². The van der Waals surface area contributed by atoms with Crippen molar-refractivity contribution in [1.29, 1.82) is 0 Å². The number of nitrogens with two attached hydrogens (primary N) is 1. The number of benzene rings is 1. The van der Waals surface area contributed by atoms with E-state index in [1.54, 1.807) is 17.8 Å². The third kappa shape index (κ3) is 3.54. The van der Waals surface area contributed by atoms with E-state index in [0.29, 0.717) is 17.3 Å². The molecule has 0 saturated heterocycles. The highest BCUT2D eigenvalue weighted by molar-refractivity contribution is 7.99. The first-order valence-corrected chi connectivity index (χ1v) is 6.86. The summed E-state index contributed by atoms with van der Waals surface area (Å²) in [6.07, 6.45) is 0.771. The van der Waals surface area contributed by atoms with Crippen molar-refractivity contribution in [3.05, 3.63) is 22.7 Å². The Balaban J connectivity index is 3.04. The molecule has 0 unspecified atom stereocenters. The first kappa shape index (κ1) is 14.2. The van der Waals surface area contributed by atoms with Gasteiger partial charge in [0.2, 0.25) is 0 Å². The van der Waals surface area contributed by atoms with Crippen molar-refractivity contribution >= 4 is 35.0 Å². The Labute approximate surface area is 111 Å². The predicted molar refractivity (Wildman–Crippen MR) is 72.8 cm³/mol. The molecule has 1 rings (SSSR count). The highest BCUT2D eigenvalue weighted by Gasteiger charge is 2.18. The van der Waals surface area contributed by atoms with Crippen LogP contribution in [0.15, 0.2) is 17.0 Å². The van der Waals surface area contributed by atoms with Crippen LogP contribution in [0.25, 0.3) is 0 Å². The molecule has 0 aromatic heterocycles. The lowest BCUT2D eigenvalue weighted by Crippen LogP contribution is -2.10. The topological polar surface area (TPSA) is 52.3 Å². The molecule has 1 aromatic rings. The average Bonchev–Trinajstić information content (AvgIpc) is 2.30. The zero-order valence-corrected chi connectivity index (χ0v) is 11.5. The quantitative estimate of drug-likeness (QED) is 0.506. The molecule has 17 heavy (non-hydrogen) atoms. The molecular formula is C12H16ClNO2S. The van der Waals surface area contributed by atoms with Crippen LogP contribution in [0.3, 0.4) is 0 Å². The maximum Gasteiger partial charge on any atom is 0.341 e. The number of ether oxygens (including phenoxy) is 1. The molecule has 0 aliphatic rings. The fraction of sp³-hybridized carbons (Fsp3) is 0.417. The number of carbonyl (C=O) groups is 1. The molecule has 0 heterocycles. The summed E-state index contributed by atoms with van der Waals surface area (Å²) in [7, 11) is 0. The number of rotatable bonds is 5. The molecule has 0 amide bonds. The highest BCUT2D eigenvalue weighted by atomic mass is 35.5. The first-order valence-electron chi connectivity index (χ1n) is 5.49. The maximum absolute atomic E-state index is 11.8.